The molecule has 0 amide bonds. The fraction of sp³-hybridized carbons (Fsp3) is 0.308. The Bertz CT molecular complexity index is 531. The van der Waals surface area contributed by atoms with Crippen LogP contribution in [-0.4, -0.2) is 6.54 Å². The van der Waals surface area contributed by atoms with Gasteiger partial charge in [-0.1, -0.05) is 25.1 Å². The lowest BCUT2D eigenvalue weighted by Crippen LogP contribution is -2.19. The minimum Gasteiger partial charge on any atom is -0.422 e. The van der Waals surface area contributed by atoms with Gasteiger partial charge in [0.25, 0.3) is 0 Å². The van der Waals surface area contributed by atoms with Crippen LogP contribution < -0.4 is 10.9 Å². The van der Waals surface area contributed by atoms with Gasteiger partial charge in [-0.2, -0.15) is 0 Å². The fourth-order valence-electron chi connectivity index (χ4n) is 1.63. The highest BCUT2D eigenvalue weighted by atomic mass is 16.4. The molecule has 0 saturated heterocycles. The van der Waals surface area contributed by atoms with Gasteiger partial charge in [0, 0.05) is 11.9 Å². The first kappa shape index (κ1) is 10.9. The molecule has 0 aliphatic carbocycles. The van der Waals surface area contributed by atoms with Gasteiger partial charge in [-0.25, -0.2) is 4.79 Å². The van der Waals surface area contributed by atoms with E-state index < -0.39 is 0 Å². The number of hydrogen-bond acceptors (Lipinski definition) is 3. The summed E-state index contributed by atoms with van der Waals surface area (Å²) in [5.41, 5.74) is 1.08. The van der Waals surface area contributed by atoms with Crippen LogP contribution in [0.3, 0.4) is 0 Å². The average molecular weight is 217 g/mol. The Labute approximate surface area is 94.1 Å². The van der Waals surface area contributed by atoms with Crippen LogP contribution in [0.1, 0.15) is 18.9 Å². The summed E-state index contributed by atoms with van der Waals surface area (Å²) in [5, 5.41) is 4.16. The average Bonchev–Trinajstić information content (AvgIpc) is 2.30. The van der Waals surface area contributed by atoms with Crippen LogP contribution in [0.2, 0.25) is 0 Å². The van der Waals surface area contributed by atoms with Crippen molar-refractivity contribution in [2.45, 2.75) is 19.9 Å². The Morgan fingerprint density at radius 2 is 2.12 bits per heavy atom. The maximum Gasteiger partial charge on any atom is 0.340 e. The number of benzene rings is 1. The smallest absolute Gasteiger partial charge is 0.340 e. The van der Waals surface area contributed by atoms with Gasteiger partial charge in [0.15, 0.2) is 0 Å². The van der Waals surface area contributed by atoms with Crippen LogP contribution in [0.25, 0.3) is 11.0 Å². The Morgan fingerprint density at radius 3 is 2.94 bits per heavy atom. The van der Waals surface area contributed by atoms with Crippen molar-refractivity contribution in [3.63, 3.8) is 0 Å². The summed E-state index contributed by atoms with van der Waals surface area (Å²) in [6.45, 7) is 3.57. The summed E-state index contributed by atoms with van der Waals surface area (Å²) in [7, 11) is 0. The number of nitrogens with one attached hydrogen (secondary N) is 1. The van der Waals surface area contributed by atoms with E-state index in [1.807, 2.05) is 24.3 Å². The van der Waals surface area contributed by atoms with Crippen molar-refractivity contribution in [2.24, 2.45) is 0 Å². The first-order chi connectivity index (χ1) is 7.81. The van der Waals surface area contributed by atoms with Crippen molar-refractivity contribution in [1.29, 1.82) is 0 Å². The molecule has 0 saturated carbocycles. The second-order valence-electron chi connectivity index (χ2n) is 3.77. The minimum absolute atomic E-state index is 0.248. The number of hydrogen-bond donors (Lipinski definition) is 1. The van der Waals surface area contributed by atoms with E-state index in [9.17, 15) is 4.79 Å². The Kier molecular flexibility index (Phi) is 3.37. The van der Waals surface area contributed by atoms with Gasteiger partial charge in [0.05, 0.1) is 5.56 Å². The summed E-state index contributed by atoms with van der Waals surface area (Å²) < 4.78 is 5.23. The van der Waals surface area contributed by atoms with Gasteiger partial charge in [0.2, 0.25) is 0 Å². The molecule has 0 fully saturated rings. The largest absolute Gasteiger partial charge is 0.422 e. The summed E-state index contributed by atoms with van der Waals surface area (Å²) in [5.74, 6) is 0. The standard InChI is InChI=1S/C13H15NO2/c1-2-7-14-9-11-8-10-5-3-4-6-12(10)16-13(11)15/h3-6,8,14H,2,7,9H2,1H3. The van der Waals surface area contributed by atoms with Crippen molar-refractivity contribution in [3.8, 4) is 0 Å². The second-order valence-corrected chi connectivity index (χ2v) is 3.77. The van der Waals surface area contributed by atoms with Crippen molar-refractivity contribution in [1.82, 2.24) is 5.32 Å². The van der Waals surface area contributed by atoms with E-state index in [4.69, 9.17) is 4.42 Å². The topological polar surface area (TPSA) is 42.2 Å². The molecule has 0 aliphatic heterocycles. The van der Waals surface area contributed by atoms with Gasteiger partial charge in [-0.15, -0.1) is 0 Å². The van der Waals surface area contributed by atoms with E-state index in [2.05, 4.69) is 12.2 Å². The van der Waals surface area contributed by atoms with E-state index in [0.717, 1.165) is 18.4 Å². The molecule has 1 aromatic carbocycles. The lowest BCUT2D eigenvalue weighted by molar-refractivity contribution is 0.541. The Hall–Kier alpha value is -1.61. The number of fused-ring (bicyclic) bond motifs is 1. The molecule has 16 heavy (non-hydrogen) atoms. The quantitative estimate of drug-likeness (QED) is 0.631. The molecule has 0 spiro atoms. The molecular formula is C13H15NO2. The monoisotopic (exact) mass is 217 g/mol. The van der Waals surface area contributed by atoms with Crippen molar-refractivity contribution >= 4 is 11.0 Å². The highest BCUT2D eigenvalue weighted by molar-refractivity contribution is 5.76. The minimum atomic E-state index is -0.248. The maximum atomic E-state index is 11.6. The van der Waals surface area contributed by atoms with Crippen LogP contribution in [0.15, 0.2) is 39.5 Å². The fourth-order valence-corrected chi connectivity index (χ4v) is 1.63. The lowest BCUT2D eigenvalue weighted by Gasteiger charge is -2.03. The predicted octanol–water partition coefficient (Wildman–Crippen LogP) is 2.29. The summed E-state index contributed by atoms with van der Waals surface area (Å²) in [6.07, 6.45) is 1.05. The first-order valence-corrected chi connectivity index (χ1v) is 5.53. The van der Waals surface area contributed by atoms with Crippen molar-refractivity contribution in [3.05, 3.63) is 46.3 Å². The molecule has 1 aromatic heterocycles. The van der Waals surface area contributed by atoms with E-state index in [1.54, 1.807) is 6.07 Å². The molecule has 0 atom stereocenters. The third-order valence-electron chi connectivity index (χ3n) is 2.46. The number of para-hydroxylation sites is 1. The van der Waals surface area contributed by atoms with Gasteiger partial charge in [0.1, 0.15) is 5.58 Å². The van der Waals surface area contributed by atoms with Crippen molar-refractivity contribution < 1.29 is 4.42 Å². The molecule has 2 aromatic rings. The van der Waals surface area contributed by atoms with E-state index >= 15 is 0 Å². The Morgan fingerprint density at radius 1 is 1.31 bits per heavy atom. The molecule has 1 heterocycles. The summed E-state index contributed by atoms with van der Waals surface area (Å²) >= 11 is 0. The van der Waals surface area contributed by atoms with Crippen LogP contribution in [-0.2, 0) is 6.54 Å². The SMILES string of the molecule is CCCNCc1cc2ccccc2oc1=O. The van der Waals surface area contributed by atoms with E-state index in [0.29, 0.717) is 17.7 Å². The third kappa shape index (κ3) is 2.31. The molecule has 0 aliphatic rings. The molecule has 3 heteroatoms. The predicted molar refractivity (Wildman–Crippen MR) is 64.5 cm³/mol. The second kappa shape index (κ2) is 4.94. The van der Waals surface area contributed by atoms with Gasteiger partial charge in [-0.05, 0) is 25.1 Å². The zero-order valence-corrected chi connectivity index (χ0v) is 9.32. The lowest BCUT2D eigenvalue weighted by atomic mass is 10.2. The highest BCUT2D eigenvalue weighted by Crippen LogP contribution is 2.12. The third-order valence-corrected chi connectivity index (χ3v) is 2.46. The summed E-state index contributed by atoms with van der Waals surface area (Å²) in [4.78, 5) is 11.6. The van der Waals surface area contributed by atoms with Crippen molar-refractivity contribution in [2.75, 3.05) is 6.54 Å². The molecule has 0 radical (unpaired) electrons. The van der Waals surface area contributed by atoms with Gasteiger partial charge in [-0.3, -0.25) is 0 Å². The normalized spacial score (nSPS) is 10.8. The van der Waals surface area contributed by atoms with Crippen LogP contribution >= 0.6 is 0 Å². The molecule has 0 bridgehead atoms. The zero-order valence-electron chi connectivity index (χ0n) is 9.32. The van der Waals surface area contributed by atoms with Gasteiger partial charge < -0.3 is 9.73 Å². The maximum absolute atomic E-state index is 11.6. The van der Waals surface area contributed by atoms with Crippen LogP contribution in [0.4, 0.5) is 0 Å². The first-order valence-electron chi connectivity index (χ1n) is 5.53. The molecule has 2 rings (SSSR count). The van der Waals surface area contributed by atoms with Crippen LogP contribution in [0, 0.1) is 0 Å². The van der Waals surface area contributed by atoms with Gasteiger partial charge >= 0.3 is 5.63 Å². The Balaban J connectivity index is 2.31. The molecular weight excluding hydrogens is 202 g/mol. The zero-order chi connectivity index (χ0) is 11.4. The van der Waals surface area contributed by atoms with E-state index in [-0.39, 0.29) is 5.63 Å². The molecule has 0 unspecified atom stereocenters. The molecule has 3 nitrogen and oxygen atoms in total. The number of rotatable bonds is 4. The van der Waals surface area contributed by atoms with Crippen LogP contribution in [0.5, 0.6) is 0 Å². The highest BCUT2D eigenvalue weighted by Gasteiger charge is 2.03. The summed E-state index contributed by atoms with van der Waals surface area (Å²) in [6, 6.07) is 9.44. The molecule has 84 valence electrons. The van der Waals surface area contributed by atoms with E-state index in [1.165, 1.54) is 0 Å². The molecule has 1 N–H and O–H groups in total.